The SMILES string of the molecule is COc1ccc(CN2CCN(C3CN(C(=O)Nc4cc(C(F)(F)F)cc(C(F)(F)F)c4)C3)CC2)cc1O. The van der Waals surface area contributed by atoms with Gasteiger partial charge in [0.15, 0.2) is 11.5 Å². The number of likely N-dealkylation sites (tertiary alicyclic amines) is 1. The van der Waals surface area contributed by atoms with Crippen molar-refractivity contribution in [2.75, 3.05) is 51.7 Å². The first kappa shape index (κ1) is 26.9. The van der Waals surface area contributed by atoms with Crippen LogP contribution in [0.2, 0.25) is 0 Å². The first-order valence-corrected chi connectivity index (χ1v) is 11.5. The van der Waals surface area contributed by atoms with Gasteiger partial charge >= 0.3 is 18.4 Å². The third-order valence-electron chi connectivity index (χ3n) is 6.56. The molecule has 0 bridgehead atoms. The van der Waals surface area contributed by atoms with E-state index < -0.39 is 35.2 Å². The minimum absolute atomic E-state index is 0.0202. The van der Waals surface area contributed by atoms with Crippen LogP contribution in [0.15, 0.2) is 36.4 Å². The first-order chi connectivity index (χ1) is 17.3. The zero-order valence-electron chi connectivity index (χ0n) is 19.9. The Hall–Kier alpha value is -3.19. The van der Waals surface area contributed by atoms with Gasteiger partial charge < -0.3 is 20.1 Å². The van der Waals surface area contributed by atoms with Crippen LogP contribution in [0.25, 0.3) is 0 Å². The van der Waals surface area contributed by atoms with Crippen LogP contribution in [0, 0.1) is 0 Å². The Kier molecular flexibility index (Phi) is 7.47. The molecule has 202 valence electrons. The maximum absolute atomic E-state index is 13.0. The molecular formula is C24H26F6N4O3. The molecule has 0 saturated carbocycles. The fraction of sp³-hybridized carbons (Fsp3) is 0.458. The van der Waals surface area contributed by atoms with Crippen LogP contribution in [-0.2, 0) is 18.9 Å². The van der Waals surface area contributed by atoms with Crippen molar-refractivity contribution in [2.24, 2.45) is 0 Å². The number of carbonyl (C=O) groups excluding carboxylic acids is 1. The summed E-state index contributed by atoms with van der Waals surface area (Å²) in [5, 5.41) is 12.1. The molecule has 2 heterocycles. The Morgan fingerprint density at radius 1 is 0.973 bits per heavy atom. The molecule has 2 aliphatic heterocycles. The van der Waals surface area contributed by atoms with Gasteiger partial charge in [-0.3, -0.25) is 9.80 Å². The van der Waals surface area contributed by atoms with Gasteiger partial charge in [0.25, 0.3) is 0 Å². The normalized spacial score (nSPS) is 18.0. The van der Waals surface area contributed by atoms with Gasteiger partial charge in [0.2, 0.25) is 0 Å². The van der Waals surface area contributed by atoms with Crippen molar-refractivity contribution in [1.29, 1.82) is 0 Å². The number of anilines is 1. The van der Waals surface area contributed by atoms with Crippen molar-refractivity contribution >= 4 is 11.7 Å². The lowest BCUT2D eigenvalue weighted by Crippen LogP contribution is -2.64. The topological polar surface area (TPSA) is 68.3 Å². The minimum atomic E-state index is -4.99. The Labute approximate surface area is 209 Å². The van der Waals surface area contributed by atoms with Crippen LogP contribution < -0.4 is 10.1 Å². The molecule has 37 heavy (non-hydrogen) atoms. The number of hydrogen-bond acceptors (Lipinski definition) is 5. The van der Waals surface area contributed by atoms with E-state index in [2.05, 4.69) is 15.1 Å². The van der Waals surface area contributed by atoms with Crippen LogP contribution in [0.4, 0.5) is 36.8 Å². The number of piperazine rings is 1. The summed E-state index contributed by atoms with van der Waals surface area (Å²) in [6.07, 6.45) is -9.98. The number of phenolic OH excluding ortho intramolecular Hbond substituents is 1. The smallest absolute Gasteiger partial charge is 0.416 e. The third kappa shape index (κ3) is 6.39. The van der Waals surface area contributed by atoms with Crippen LogP contribution in [0.1, 0.15) is 16.7 Å². The van der Waals surface area contributed by atoms with Crippen molar-refractivity contribution in [3.63, 3.8) is 0 Å². The molecule has 2 saturated heterocycles. The van der Waals surface area contributed by atoms with E-state index in [1.165, 1.54) is 12.0 Å². The standard InChI is InChI=1S/C24H26F6N4O3/c1-37-21-3-2-15(8-20(21)35)12-32-4-6-33(7-5-32)19-13-34(14-19)22(36)31-18-10-16(23(25,26)27)9-17(11-18)24(28,29)30/h2-3,8-11,19,35H,4-7,12-14H2,1H3,(H,31,36). The zero-order valence-corrected chi connectivity index (χ0v) is 19.9. The molecule has 2 fully saturated rings. The fourth-order valence-electron chi connectivity index (χ4n) is 4.46. The number of alkyl halides is 6. The van der Waals surface area contributed by atoms with Crippen molar-refractivity contribution in [3.8, 4) is 11.5 Å². The molecule has 0 spiro atoms. The molecule has 0 aliphatic carbocycles. The molecule has 4 rings (SSSR count). The maximum atomic E-state index is 13.0. The Morgan fingerprint density at radius 3 is 2.08 bits per heavy atom. The van der Waals surface area contributed by atoms with Crippen LogP contribution in [0.5, 0.6) is 11.5 Å². The van der Waals surface area contributed by atoms with E-state index in [4.69, 9.17) is 4.74 Å². The fourth-order valence-corrected chi connectivity index (χ4v) is 4.46. The number of carbonyl (C=O) groups is 1. The Morgan fingerprint density at radius 2 is 1.57 bits per heavy atom. The number of hydrogen-bond donors (Lipinski definition) is 2. The Bertz CT molecular complexity index is 1090. The average Bonchev–Trinajstić information content (AvgIpc) is 2.78. The van der Waals surface area contributed by atoms with Gasteiger partial charge in [-0.2, -0.15) is 26.3 Å². The number of rotatable bonds is 5. The molecule has 0 unspecified atom stereocenters. The number of amides is 2. The molecule has 0 atom stereocenters. The number of halogens is 6. The van der Waals surface area contributed by atoms with Crippen molar-refractivity contribution in [3.05, 3.63) is 53.1 Å². The van der Waals surface area contributed by atoms with Gasteiger partial charge in [0, 0.05) is 57.5 Å². The van der Waals surface area contributed by atoms with Gasteiger partial charge in [-0.1, -0.05) is 6.07 Å². The second-order valence-corrected chi connectivity index (χ2v) is 9.10. The number of methoxy groups -OCH3 is 1. The minimum Gasteiger partial charge on any atom is -0.504 e. The molecule has 7 nitrogen and oxygen atoms in total. The van der Waals surface area contributed by atoms with E-state index in [0.717, 1.165) is 31.7 Å². The summed E-state index contributed by atoms with van der Waals surface area (Å²) in [5.41, 5.74) is -2.58. The lowest BCUT2D eigenvalue weighted by molar-refractivity contribution is -0.143. The van der Waals surface area contributed by atoms with E-state index in [9.17, 15) is 36.2 Å². The quantitative estimate of drug-likeness (QED) is 0.557. The summed E-state index contributed by atoms with van der Waals surface area (Å²) < 4.78 is 83.3. The second kappa shape index (κ2) is 10.3. The predicted molar refractivity (Wildman–Crippen MR) is 122 cm³/mol. The summed E-state index contributed by atoms with van der Waals surface area (Å²) in [6, 6.07) is 5.57. The zero-order chi connectivity index (χ0) is 27.0. The molecule has 2 aromatic carbocycles. The highest BCUT2D eigenvalue weighted by molar-refractivity contribution is 5.90. The largest absolute Gasteiger partial charge is 0.504 e. The highest BCUT2D eigenvalue weighted by Crippen LogP contribution is 2.37. The summed E-state index contributed by atoms with van der Waals surface area (Å²) in [5.74, 6) is 0.479. The average molecular weight is 532 g/mol. The second-order valence-electron chi connectivity index (χ2n) is 9.10. The van der Waals surface area contributed by atoms with Gasteiger partial charge in [0.1, 0.15) is 0 Å². The van der Waals surface area contributed by atoms with E-state index in [0.29, 0.717) is 37.5 Å². The molecule has 13 heteroatoms. The highest BCUT2D eigenvalue weighted by atomic mass is 19.4. The van der Waals surface area contributed by atoms with Gasteiger partial charge in [0.05, 0.1) is 18.2 Å². The number of ether oxygens (including phenoxy) is 1. The first-order valence-electron chi connectivity index (χ1n) is 11.5. The monoisotopic (exact) mass is 532 g/mol. The summed E-state index contributed by atoms with van der Waals surface area (Å²) in [4.78, 5) is 18.3. The van der Waals surface area contributed by atoms with Crippen LogP contribution >= 0.6 is 0 Å². The number of benzene rings is 2. The van der Waals surface area contributed by atoms with Crippen molar-refractivity contribution in [2.45, 2.75) is 24.9 Å². The van der Waals surface area contributed by atoms with Gasteiger partial charge in [-0.05, 0) is 35.9 Å². The summed E-state index contributed by atoms with van der Waals surface area (Å²) in [7, 11) is 1.48. The van der Waals surface area contributed by atoms with Crippen LogP contribution in [0.3, 0.4) is 0 Å². The molecule has 0 aromatic heterocycles. The van der Waals surface area contributed by atoms with E-state index >= 15 is 0 Å². The van der Waals surface area contributed by atoms with Crippen molar-refractivity contribution < 1.29 is 41.0 Å². The van der Waals surface area contributed by atoms with E-state index in [1.807, 2.05) is 6.07 Å². The Balaban J connectivity index is 1.27. The molecule has 2 aromatic rings. The molecule has 2 aliphatic rings. The number of nitrogens with one attached hydrogen (secondary N) is 1. The number of phenols is 1. The number of urea groups is 1. The summed E-state index contributed by atoms with van der Waals surface area (Å²) in [6.45, 7) is 4.31. The maximum Gasteiger partial charge on any atom is 0.416 e. The van der Waals surface area contributed by atoms with Gasteiger partial charge in [-0.25, -0.2) is 4.79 Å². The number of nitrogens with zero attached hydrogens (tertiary/aromatic N) is 3. The predicted octanol–water partition coefficient (Wildman–Crippen LogP) is 4.47. The van der Waals surface area contributed by atoms with Crippen LogP contribution in [-0.4, -0.2) is 78.3 Å². The third-order valence-corrected chi connectivity index (χ3v) is 6.56. The molecule has 2 N–H and O–H groups in total. The van der Waals surface area contributed by atoms with Crippen molar-refractivity contribution in [1.82, 2.24) is 14.7 Å². The lowest BCUT2D eigenvalue weighted by Gasteiger charge is -2.48. The molecule has 0 radical (unpaired) electrons. The lowest BCUT2D eigenvalue weighted by atomic mass is 10.1. The number of aromatic hydroxyl groups is 1. The highest BCUT2D eigenvalue weighted by Gasteiger charge is 2.39. The van der Waals surface area contributed by atoms with E-state index in [1.54, 1.807) is 12.1 Å². The summed E-state index contributed by atoms with van der Waals surface area (Å²) >= 11 is 0. The molecule has 2 amide bonds. The molecular weight excluding hydrogens is 506 g/mol. The van der Waals surface area contributed by atoms with Gasteiger partial charge in [-0.15, -0.1) is 0 Å². The van der Waals surface area contributed by atoms with E-state index in [-0.39, 0.29) is 17.9 Å².